The summed E-state index contributed by atoms with van der Waals surface area (Å²) in [6.07, 6.45) is 6.25. The van der Waals surface area contributed by atoms with Gasteiger partial charge in [-0.05, 0) is 37.9 Å². The molecule has 110 valence electrons. The van der Waals surface area contributed by atoms with Crippen LogP contribution in [0.3, 0.4) is 0 Å². The second-order valence-electron chi connectivity index (χ2n) is 5.75. The van der Waals surface area contributed by atoms with Crippen LogP contribution in [0.15, 0.2) is 18.2 Å². The van der Waals surface area contributed by atoms with Gasteiger partial charge in [0.15, 0.2) is 5.78 Å². The Balaban J connectivity index is 1.89. The van der Waals surface area contributed by atoms with Gasteiger partial charge in [-0.2, -0.15) is 0 Å². The van der Waals surface area contributed by atoms with E-state index in [4.69, 9.17) is 0 Å². The highest BCUT2D eigenvalue weighted by molar-refractivity contribution is 5.97. The summed E-state index contributed by atoms with van der Waals surface area (Å²) >= 11 is 0. The van der Waals surface area contributed by atoms with Crippen molar-refractivity contribution in [3.8, 4) is 0 Å². The van der Waals surface area contributed by atoms with Gasteiger partial charge in [0.2, 0.25) is 0 Å². The van der Waals surface area contributed by atoms with Crippen LogP contribution in [-0.4, -0.2) is 30.8 Å². The lowest BCUT2D eigenvalue weighted by Crippen LogP contribution is -2.32. The number of hydrogen-bond acceptors (Lipinski definition) is 2. The van der Waals surface area contributed by atoms with Crippen LogP contribution >= 0.6 is 0 Å². The molecule has 20 heavy (non-hydrogen) atoms. The molecule has 0 heterocycles. The van der Waals surface area contributed by atoms with Gasteiger partial charge in [0.1, 0.15) is 11.6 Å². The Hall–Kier alpha value is -1.29. The molecule has 0 amide bonds. The standard InChI is InChI=1S/C16H21F2NO/c1-19(10-12-5-3-2-4-6-12)11-16(20)14-8-7-13(17)9-15(14)18/h7-9,12H,2-6,10-11H2,1H3. The summed E-state index contributed by atoms with van der Waals surface area (Å²) in [7, 11) is 1.88. The van der Waals surface area contributed by atoms with Crippen LogP contribution in [0.1, 0.15) is 42.5 Å². The summed E-state index contributed by atoms with van der Waals surface area (Å²) < 4.78 is 26.4. The summed E-state index contributed by atoms with van der Waals surface area (Å²) in [6.45, 7) is 1.05. The Morgan fingerprint density at radius 2 is 1.95 bits per heavy atom. The summed E-state index contributed by atoms with van der Waals surface area (Å²) in [5.74, 6) is -1.09. The van der Waals surface area contributed by atoms with Gasteiger partial charge >= 0.3 is 0 Å². The minimum atomic E-state index is -0.777. The number of rotatable bonds is 5. The number of benzene rings is 1. The molecule has 0 saturated heterocycles. The van der Waals surface area contributed by atoms with Crippen LogP contribution < -0.4 is 0 Å². The molecule has 1 fully saturated rings. The number of carbonyl (C=O) groups excluding carboxylic acids is 1. The first-order chi connectivity index (χ1) is 9.56. The third-order valence-corrected chi connectivity index (χ3v) is 3.94. The van der Waals surface area contributed by atoms with Crippen molar-refractivity contribution in [2.45, 2.75) is 32.1 Å². The van der Waals surface area contributed by atoms with Crippen molar-refractivity contribution in [1.82, 2.24) is 4.90 Å². The molecular formula is C16H21F2NO. The molecule has 0 radical (unpaired) electrons. The zero-order valence-corrected chi connectivity index (χ0v) is 11.9. The zero-order valence-electron chi connectivity index (χ0n) is 11.9. The highest BCUT2D eigenvalue weighted by atomic mass is 19.1. The molecule has 0 aromatic heterocycles. The highest BCUT2D eigenvalue weighted by Crippen LogP contribution is 2.24. The maximum Gasteiger partial charge on any atom is 0.179 e. The molecule has 1 aliphatic carbocycles. The highest BCUT2D eigenvalue weighted by Gasteiger charge is 2.18. The van der Waals surface area contributed by atoms with Crippen molar-refractivity contribution >= 4 is 5.78 Å². The van der Waals surface area contributed by atoms with Crippen molar-refractivity contribution < 1.29 is 13.6 Å². The molecule has 0 N–H and O–H groups in total. The lowest BCUT2D eigenvalue weighted by atomic mass is 9.89. The predicted molar refractivity (Wildman–Crippen MR) is 74.8 cm³/mol. The van der Waals surface area contributed by atoms with Gasteiger partial charge in [-0.25, -0.2) is 8.78 Å². The van der Waals surface area contributed by atoms with E-state index in [2.05, 4.69) is 0 Å². The van der Waals surface area contributed by atoms with Crippen molar-refractivity contribution in [3.63, 3.8) is 0 Å². The van der Waals surface area contributed by atoms with E-state index in [0.29, 0.717) is 5.92 Å². The number of nitrogens with zero attached hydrogens (tertiary/aromatic N) is 1. The zero-order chi connectivity index (χ0) is 14.5. The first-order valence-electron chi connectivity index (χ1n) is 7.23. The number of hydrogen-bond donors (Lipinski definition) is 0. The quantitative estimate of drug-likeness (QED) is 0.768. The topological polar surface area (TPSA) is 20.3 Å². The SMILES string of the molecule is CN(CC(=O)c1ccc(F)cc1F)CC1CCCCC1. The molecule has 0 atom stereocenters. The minimum Gasteiger partial charge on any atom is -0.299 e. The van der Waals surface area contributed by atoms with E-state index in [1.165, 1.54) is 38.2 Å². The van der Waals surface area contributed by atoms with Gasteiger partial charge in [-0.3, -0.25) is 9.69 Å². The van der Waals surface area contributed by atoms with Crippen LogP contribution in [0.5, 0.6) is 0 Å². The first kappa shape index (κ1) is 15.1. The van der Waals surface area contributed by atoms with Gasteiger partial charge < -0.3 is 0 Å². The van der Waals surface area contributed by atoms with E-state index in [1.807, 2.05) is 11.9 Å². The molecule has 0 spiro atoms. The Morgan fingerprint density at radius 3 is 2.60 bits per heavy atom. The summed E-state index contributed by atoms with van der Waals surface area (Å²) in [4.78, 5) is 14.0. The predicted octanol–water partition coefficient (Wildman–Crippen LogP) is 3.66. The number of Topliss-reactive ketones (excluding diaryl/α,β-unsaturated/α-hetero) is 1. The summed E-state index contributed by atoms with van der Waals surface area (Å²) in [6, 6.07) is 3.10. The molecule has 0 bridgehead atoms. The fourth-order valence-corrected chi connectivity index (χ4v) is 2.92. The molecule has 0 unspecified atom stereocenters. The minimum absolute atomic E-state index is 0.0260. The molecule has 0 aliphatic heterocycles. The Labute approximate surface area is 118 Å². The van der Waals surface area contributed by atoms with E-state index in [9.17, 15) is 13.6 Å². The van der Waals surface area contributed by atoms with Crippen LogP contribution in [0.2, 0.25) is 0 Å². The van der Waals surface area contributed by atoms with Crippen molar-refractivity contribution in [3.05, 3.63) is 35.4 Å². The first-order valence-corrected chi connectivity index (χ1v) is 7.23. The normalized spacial score (nSPS) is 16.6. The lowest BCUT2D eigenvalue weighted by Gasteiger charge is -2.26. The van der Waals surface area contributed by atoms with Crippen LogP contribution in [0.25, 0.3) is 0 Å². The van der Waals surface area contributed by atoms with Gasteiger partial charge in [0.25, 0.3) is 0 Å². The Bertz CT molecular complexity index is 470. The lowest BCUT2D eigenvalue weighted by molar-refractivity contribution is 0.0928. The molecule has 4 heteroatoms. The second-order valence-corrected chi connectivity index (χ2v) is 5.75. The van der Waals surface area contributed by atoms with Gasteiger partial charge in [0.05, 0.1) is 12.1 Å². The van der Waals surface area contributed by atoms with Gasteiger partial charge in [-0.1, -0.05) is 19.3 Å². The van der Waals surface area contributed by atoms with Crippen LogP contribution in [0.4, 0.5) is 8.78 Å². The second kappa shape index (κ2) is 6.93. The average Bonchev–Trinajstić information content (AvgIpc) is 2.39. The van der Waals surface area contributed by atoms with E-state index >= 15 is 0 Å². The molecule has 1 aromatic carbocycles. The third kappa shape index (κ3) is 4.10. The number of ketones is 1. The fraction of sp³-hybridized carbons (Fsp3) is 0.562. The molecule has 2 nitrogen and oxygen atoms in total. The molecule has 1 aliphatic rings. The smallest absolute Gasteiger partial charge is 0.179 e. The van der Waals surface area contributed by atoms with E-state index in [1.54, 1.807) is 0 Å². The monoisotopic (exact) mass is 281 g/mol. The average molecular weight is 281 g/mol. The van der Waals surface area contributed by atoms with Crippen molar-refractivity contribution in [1.29, 1.82) is 0 Å². The molecule has 1 saturated carbocycles. The van der Waals surface area contributed by atoms with E-state index in [0.717, 1.165) is 18.7 Å². The maximum absolute atomic E-state index is 13.5. The summed E-state index contributed by atoms with van der Waals surface area (Å²) in [5, 5.41) is 0. The summed E-state index contributed by atoms with van der Waals surface area (Å²) in [5.41, 5.74) is -0.0260. The van der Waals surface area contributed by atoms with Gasteiger partial charge in [-0.15, -0.1) is 0 Å². The van der Waals surface area contributed by atoms with E-state index < -0.39 is 11.6 Å². The van der Waals surface area contributed by atoms with Gasteiger partial charge in [0, 0.05) is 12.6 Å². The Morgan fingerprint density at radius 1 is 1.25 bits per heavy atom. The van der Waals surface area contributed by atoms with Crippen molar-refractivity contribution in [2.24, 2.45) is 5.92 Å². The maximum atomic E-state index is 13.5. The molecular weight excluding hydrogens is 260 g/mol. The number of likely N-dealkylation sites (N-methyl/N-ethyl adjacent to an activating group) is 1. The van der Waals surface area contributed by atoms with Crippen LogP contribution in [-0.2, 0) is 0 Å². The van der Waals surface area contributed by atoms with E-state index in [-0.39, 0.29) is 17.9 Å². The number of carbonyl (C=O) groups is 1. The third-order valence-electron chi connectivity index (χ3n) is 3.94. The largest absolute Gasteiger partial charge is 0.299 e. The molecule has 2 rings (SSSR count). The van der Waals surface area contributed by atoms with Crippen LogP contribution in [0, 0.1) is 17.6 Å². The fourth-order valence-electron chi connectivity index (χ4n) is 2.92. The van der Waals surface area contributed by atoms with Crippen molar-refractivity contribution in [2.75, 3.05) is 20.1 Å². The molecule has 1 aromatic rings. The Kier molecular flexibility index (Phi) is 5.24. The number of halogens is 2.